The topological polar surface area (TPSA) is 68.6 Å². The van der Waals surface area contributed by atoms with Crippen LogP contribution in [0.4, 0.5) is 0 Å². The first kappa shape index (κ1) is 14.4. The Morgan fingerprint density at radius 3 is 2.85 bits per heavy atom. The molecule has 2 atom stereocenters. The zero-order valence-electron chi connectivity index (χ0n) is 11.4. The van der Waals surface area contributed by atoms with Gasteiger partial charge in [-0.05, 0) is 31.4 Å². The molecule has 5 heteroatoms. The minimum atomic E-state index is -0.438. The molecule has 1 aromatic carbocycles. The number of hydrogen-bond acceptors (Lipinski definition) is 5. The number of carbonyl (C=O) groups is 1. The molecule has 1 aromatic rings. The third-order valence-electron chi connectivity index (χ3n) is 3.33. The molecule has 0 aliphatic heterocycles. The fraction of sp³-hybridized carbons (Fsp3) is 0.467. The summed E-state index contributed by atoms with van der Waals surface area (Å²) in [7, 11) is 1.62. The lowest BCUT2D eigenvalue weighted by Gasteiger charge is -2.18. The number of carbonyl (C=O) groups excluding carboxylic acids is 1. The number of hydrogen-bond donors (Lipinski definition) is 0. The Bertz CT molecular complexity index is 509. The van der Waals surface area contributed by atoms with Crippen LogP contribution in [0.3, 0.4) is 0 Å². The van der Waals surface area contributed by atoms with Gasteiger partial charge in [0.1, 0.15) is 17.9 Å². The van der Waals surface area contributed by atoms with Crippen molar-refractivity contribution in [1.29, 1.82) is 5.26 Å². The molecule has 0 radical (unpaired) electrons. The van der Waals surface area contributed by atoms with Crippen molar-refractivity contribution in [2.75, 3.05) is 13.7 Å². The minimum absolute atomic E-state index is 0.0228. The van der Waals surface area contributed by atoms with E-state index in [-0.39, 0.29) is 18.8 Å². The van der Waals surface area contributed by atoms with Crippen LogP contribution in [0.1, 0.15) is 24.8 Å². The third-order valence-corrected chi connectivity index (χ3v) is 3.33. The molecule has 0 aromatic heterocycles. The second-order valence-corrected chi connectivity index (χ2v) is 4.63. The summed E-state index contributed by atoms with van der Waals surface area (Å²) in [6.45, 7) is -0.203. The summed E-state index contributed by atoms with van der Waals surface area (Å²) in [5.41, 5.74) is 0.399. The lowest BCUT2D eigenvalue weighted by molar-refractivity contribution is -0.156. The average Bonchev–Trinajstić information content (AvgIpc) is 2.92. The summed E-state index contributed by atoms with van der Waals surface area (Å²) in [5, 5.41) is 8.92. The summed E-state index contributed by atoms with van der Waals surface area (Å²) in [6, 6.07) is 8.79. The van der Waals surface area contributed by atoms with E-state index in [4.69, 9.17) is 19.5 Å². The van der Waals surface area contributed by atoms with E-state index in [1.807, 2.05) is 6.07 Å². The van der Waals surface area contributed by atoms with E-state index in [2.05, 4.69) is 0 Å². The van der Waals surface area contributed by atoms with E-state index in [9.17, 15) is 4.79 Å². The van der Waals surface area contributed by atoms with E-state index in [0.717, 1.165) is 19.3 Å². The lowest BCUT2D eigenvalue weighted by atomic mass is 10.2. The Labute approximate surface area is 118 Å². The van der Waals surface area contributed by atoms with Gasteiger partial charge in [-0.2, -0.15) is 5.26 Å². The molecular formula is C15H17NO4. The van der Waals surface area contributed by atoms with Crippen LogP contribution >= 0.6 is 0 Å². The summed E-state index contributed by atoms with van der Waals surface area (Å²) in [4.78, 5) is 11.7. The van der Waals surface area contributed by atoms with Gasteiger partial charge < -0.3 is 14.2 Å². The molecule has 1 aliphatic rings. The standard InChI is InChI=1S/C15H17NO4/c1-18-13-7-4-8-14(13)20-15(17)10-19-12-6-3-2-5-11(12)9-16/h2-3,5-6,13-14H,4,7-8,10H2,1H3/t13-,14-/m0/s1. The number of rotatable bonds is 5. The van der Waals surface area contributed by atoms with Crippen molar-refractivity contribution in [2.24, 2.45) is 0 Å². The highest BCUT2D eigenvalue weighted by atomic mass is 16.6. The maximum atomic E-state index is 11.7. The summed E-state index contributed by atoms with van der Waals surface area (Å²) < 4.78 is 15.9. The van der Waals surface area contributed by atoms with Crippen LogP contribution in [-0.4, -0.2) is 31.9 Å². The fourth-order valence-corrected chi connectivity index (χ4v) is 2.32. The van der Waals surface area contributed by atoms with Crippen molar-refractivity contribution in [1.82, 2.24) is 0 Å². The van der Waals surface area contributed by atoms with Gasteiger partial charge in [0.15, 0.2) is 6.61 Å². The highest BCUT2D eigenvalue weighted by Crippen LogP contribution is 2.24. The highest BCUT2D eigenvalue weighted by molar-refractivity contribution is 5.71. The number of nitrogens with zero attached hydrogens (tertiary/aromatic N) is 1. The third kappa shape index (κ3) is 3.49. The molecule has 106 valence electrons. The van der Waals surface area contributed by atoms with Crippen molar-refractivity contribution in [3.05, 3.63) is 29.8 Å². The van der Waals surface area contributed by atoms with Crippen molar-refractivity contribution >= 4 is 5.97 Å². The Morgan fingerprint density at radius 1 is 1.35 bits per heavy atom. The number of ether oxygens (including phenoxy) is 3. The smallest absolute Gasteiger partial charge is 0.344 e. The van der Waals surface area contributed by atoms with Crippen LogP contribution < -0.4 is 4.74 Å². The Hall–Kier alpha value is -2.06. The van der Waals surface area contributed by atoms with Gasteiger partial charge in [0.25, 0.3) is 0 Å². The van der Waals surface area contributed by atoms with E-state index < -0.39 is 5.97 Å². The average molecular weight is 275 g/mol. The fourth-order valence-electron chi connectivity index (χ4n) is 2.32. The quantitative estimate of drug-likeness (QED) is 0.769. The van der Waals surface area contributed by atoms with Crippen molar-refractivity contribution in [2.45, 2.75) is 31.5 Å². The lowest BCUT2D eigenvalue weighted by Crippen LogP contribution is -2.29. The predicted octanol–water partition coefficient (Wildman–Crippen LogP) is 2.05. The van der Waals surface area contributed by atoms with E-state index in [0.29, 0.717) is 11.3 Å². The van der Waals surface area contributed by atoms with Crippen molar-refractivity contribution in [3.63, 3.8) is 0 Å². The molecule has 0 bridgehead atoms. The maximum absolute atomic E-state index is 11.7. The second kappa shape index (κ2) is 6.92. The monoisotopic (exact) mass is 275 g/mol. The maximum Gasteiger partial charge on any atom is 0.344 e. The molecule has 2 rings (SSSR count). The SMILES string of the molecule is CO[C@H]1CCC[C@@H]1OC(=O)COc1ccccc1C#N. The second-order valence-electron chi connectivity index (χ2n) is 4.63. The summed E-state index contributed by atoms with van der Waals surface area (Å²) in [5.74, 6) is -0.0478. The Balaban J connectivity index is 1.85. The Kier molecular flexibility index (Phi) is 4.97. The molecule has 1 fully saturated rings. The van der Waals surface area contributed by atoms with E-state index in [1.165, 1.54) is 0 Å². The van der Waals surface area contributed by atoms with Crippen LogP contribution in [0.5, 0.6) is 5.75 Å². The number of methoxy groups -OCH3 is 1. The largest absolute Gasteiger partial charge is 0.481 e. The van der Waals surface area contributed by atoms with Gasteiger partial charge in [0.05, 0.1) is 11.7 Å². The van der Waals surface area contributed by atoms with Gasteiger partial charge in [0, 0.05) is 7.11 Å². The number of benzene rings is 1. The van der Waals surface area contributed by atoms with Gasteiger partial charge in [-0.15, -0.1) is 0 Å². The molecule has 0 unspecified atom stereocenters. The first-order chi connectivity index (χ1) is 9.74. The molecule has 0 heterocycles. The predicted molar refractivity (Wildman–Crippen MR) is 71.2 cm³/mol. The highest BCUT2D eigenvalue weighted by Gasteiger charge is 2.30. The van der Waals surface area contributed by atoms with Crippen LogP contribution in [-0.2, 0) is 14.3 Å². The first-order valence-electron chi connectivity index (χ1n) is 6.59. The van der Waals surface area contributed by atoms with Gasteiger partial charge in [-0.25, -0.2) is 4.79 Å². The van der Waals surface area contributed by atoms with Crippen LogP contribution in [0, 0.1) is 11.3 Å². The van der Waals surface area contributed by atoms with Crippen molar-refractivity contribution < 1.29 is 19.0 Å². The van der Waals surface area contributed by atoms with Crippen molar-refractivity contribution in [3.8, 4) is 11.8 Å². The van der Waals surface area contributed by atoms with Crippen LogP contribution in [0.15, 0.2) is 24.3 Å². The Morgan fingerprint density at radius 2 is 2.10 bits per heavy atom. The first-order valence-corrected chi connectivity index (χ1v) is 6.59. The molecular weight excluding hydrogens is 258 g/mol. The summed E-state index contributed by atoms with van der Waals surface area (Å²) in [6.07, 6.45) is 2.51. The molecule has 1 saturated carbocycles. The zero-order chi connectivity index (χ0) is 14.4. The molecule has 20 heavy (non-hydrogen) atoms. The van der Waals surface area contributed by atoms with E-state index in [1.54, 1.807) is 31.4 Å². The summed E-state index contributed by atoms with van der Waals surface area (Å²) >= 11 is 0. The molecule has 0 amide bonds. The van der Waals surface area contributed by atoms with Gasteiger partial charge in [0.2, 0.25) is 0 Å². The molecule has 0 saturated heterocycles. The van der Waals surface area contributed by atoms with Crippen LogP contribution in [0.2, 0.25) is 0 Å². The van der Waals surface area contributed by atoms with E-state index >= 15 is 0 Å². The molecule has 0 N–H and O–H groups in total. The number of esters is 1. The van der Waals surface area contributed by atoms with Gasteiger partial charge in [-0.3, -0.25) is 0 Å². The normalized spacial score (nSPS) is 21.2. The number of nitriles is 1. The molecule has 0 spiro atoms. The molecule has 5 nitrogen and oxygen atoms in total. The van der Waals surface area contributed by atoms with Gasteiger partial charge >= 0.3 is 5.97 Å². The minimum Gasteiger partial charge on any atom is -0.481 e. The zero-order valence-corrected chi connectivity index (χ0v) is 11.4. The van der Waals surface area contributed by atoms with Crippen LogP contribution in [0.25, 0.3) is 0 Å². The number of para-hydroxylation sites is 1. The van der Waals surface area contributed by atoms with Gasteiger partial charge in [-0.1, -0.05) is 12.1 Å². The molecule has 1 aliphatic carbocycles.